The summed E-state index contributed by atoms with van der Waals surface area (Å²) in [6, 6.07) is 8.12. The molecule has 2 aliphatic heterocycles. The number of ketones is 1. The molecule has 0 saturated heterocycles. The number of esters is 1. The molecule has 8 nitrogen and oxygen atoms in total. The maximum absolute atomic E-state index is 12.5. The molecule has 8 heteroatoms. The van der Waals surface area contributed by atoms with Crippen molar-refractivity contribution in [2.75, 3.05) is 4.90 Å². The predicted molar refractivity (Wildman–Crippen MR) is 104 cm³/mol. The first-order valence-corrected chi connectivity index (χ1v) is 8.83. The SMILES string of the molecule is CC1=CC(C)(C)N2C(=O)C(=O)c3cc(OC(=O)c4cccc([N+](=O)[O-])c4)cc1c32. The van der Waals surface area contributed by atoms with Gasteiger partial charge in [-0.25, -0.2) is 4.79 Å². The van der Waals surface area contributed by atoms with Crippen molar-refractivity contribution in [2.24, 2.45) is 0 Å². The van der Waals surface area contributed by atoms with Gasteiger partial charge in [0, 0.05) is 17.7 Å². The van der Waals surface area contributed by atoms with Crippen molar-refractivity contribution in [3.63, 3.8) is 0 Å². The van der Waals surface area contributed by atoms with Crippen LogP contribution < -0.4 is 9.64 Å². The first-order chi connectivity index (χ1) is 13.6. The fourth-order valence-electron chi connectivity index (χ4n) is 3.83. The van der Waals surface area contributed by atoms with Gasteiger partial charge < -0.3 is 4.74 Å². The largest absolute Gasteiger partial charge is 0.423 e. The lowest BCUT2D eigenvalue weighted by atomic mass is 9.89. The second-order valence-corrected chi connectivity index (χ2v) is 7.51. The average Bonchev–Trinajstić information content (AvgIpc) is 2.92. The molecule has 0 bridgehead atoms. The molecule has 0 unspecified atom stereocenters. The lowest BCUT2D eigenvalue weighted by molar-refractivity contribution is -0.384. The minimum Gasteiger partial charge on any atom is -0.423 e. The second kappa shape index (κ2) is 6.10. The minimum absolute atomic E-state index is 0.00534. The van der Waals surface area contributed by atoms with E-state index in [2.05, 4.69) is 0 Å². The molecule has 2 aromatic rings. The molecule has 0 fully saturated rings. The Balaban J connectivity index is 1.76. The van der Waals surface area contributed by atoms with E-state index in [1.165, 1.54) is 29.2 Å². The van der Waals surface area contributed by atoms with Gasteiger partial charge in [0.1, 0.15) is 5.75 Å². The van der Waals surface area contributed by atoms with Gasteiger partial charge in [0.2, 0.25) is 0 Å². The van der Waals surface area contributed by atoms with Crippen LogP contribution in [0.15, 0.2) is 42.5 Å². The smallest absolute Gasteiger partial charge is 0.343 e. The summed E-state index contributed by atoms with van der Waals surface area (Å²) >= 11 is 0. The number of amides is 1. The highest BCUT2D eigenvalue weighted by Crippen LogP contribution is 2.46. The van der Waals surface area contributed by atoms with Crippen molar-refractivity contribution in [3.05, 3.63) is 69.3 Å². The van der Waals surface area contributed by atoms with Crippen LogP contribution in [0.2, 0.25) is 0 Å². The molecule has 4 rings (SSSR count). The number of nitrogens with zero attached hydrogens (tertiary/aromatic N) is 2. The van der Waals surface area contributed by atoms with Crippen LogP contribution in [-0.2, 0) is 4.79 Å². The molecule has 1 amide bonds. The Kier molecular flexibility index (Phi) is 3.90. The molecule has 29 heavy (non-hydrogen) atoms. The summed E-state index contributed by atoms with van der Waals surface area (Å²) in [4.78, 5) is 49.3. The number of non-ortho nitro benzene ring substituents is 1. The predicted octanol–water partition coefficient (Wildman–Crippen LogP) is 3.54. The van der Waals surface area contributed by atoms with Crippen LogP contribution in [-0.4, -0.2) is 28.1 Å². The molecule has 2 heterocycles. The third kappa shape index (κ3) is 2.80. The fourth-order valence-corrected chi connectivity index (χ4v) is 3.83. The number of anilines is 1. The van der Waals surface area contributed by atoms with Crippen molar-refractivity contribution in [2.45, 2.75) is 26.3 Å². The monoisotopic (exact) mass is 392 g/mol. The summed E-state index contributed by atoms with van der Waals surface area (Å²) in [6.07, 6.45) is 1.88. The molecular formula is C21H16N2O6. The Morgan fingerprint density at radius 2 is 1.83 bits per heavy atom. The molecule has 0 saturated carbocycles. The van der Waals surface area contributed by atoms with Crippen LogP contribution in [0.25, 0.3) is 5.57 Å². The standard InChI is InChI=1S/C21H16N2O6/c1-11-10-21(2,3)22-17-15(11)8-14(9-16(17)18(24)19(22)25)29-20(26)12-5-4-6-13(7-12)23(27)28/h4-10H,1-3H3. The lowest BCUT2D eigenvalue weighted by Gasteiger charge is -2.38. The van der Waals surface area contributed by atoms with E-state index in [1.54, 1.807) is 6.07 Å². The summed E-state index contributed by atoms with van der Waals surface area (Å²) in [5.41, 5.74) is 1.28. The Hall–Kier alpha value is -3.81. The summed E-state index contributed by atoms with van der Waals surface area (Å²) in [7, 11) is 0. The van der Waals surface area contributed by atoms with E-state index in [0.717, 1.165) is 11.6 Å². The maximum Gasteiger partial charge on any atom is 0.343 e. The second-order valence-electron chi connectivity index (χ2n) is 7.51. The third-order valence-electron chi connectivity index (χ3n) is 5.02. The molecule has 0 aromatic heterocycles. The summed E-state index contributed by atoms with van der Waals surface area (Å²) < 4.78 is 5.38. The first-order valence-electron chi connectivity index (χ1n) is 8.83. The number of ether oxygens (including phenoxy) is 1. The zero-order valence-electron chi connectivity index (χ0n) is 15.9. The van der Waals surface area contributed by atoms with Gasteiger partial charge in [-0.05, 0) is 44.5 Å². The third-order valence-corrected chi connectivity index (χ3v) is 5.02. The number of benzene rings is 2. The Bertz CT molecular complexity index is 1160. The van der Waals surface area contributed by atoms with E-state index in [4.69, 9.17) is 4.74 Å². The first kappa shape index (κ1) is 18.5. The van der Waals surface area contributed by atoms with Crippen molar-refractivity contribution in [1.82, 2.24) is 0 Å². The van der Waals surface area contributed by atoms with Crippen molar-refractivity contribution in [3.8, 4) is 5.75 Å². The van der Waals surface area contributed by atoms with Crippen LogP contribution >= 0.6 is 0 Å². The van der Waals surface area contributed by atoms with E-state index in [1.807, 2.05) is 26.8 Å². The minimum atomic E-state index is -0.799. The highest BCUT2D eigenvalue weighted by atomic mass is 16.6. The highest BCUT2D eigenvalue weighted by molar-refractivity contribution is 6.53. The van der Waals surface area contributed by atoms with Crippen LogP contribution in [0, 0.1) is 10.1 Å². The number of carbonyl (C=O) groups excluding carboxylic acids is 3. The maximum atomic E-state index is 12.5. The lowest BCUT2D eigenvalue weighted by Crippen LogP contribution is -2.47. The molecule has 146 valence electrons. The Morgan fingerprint density at radius 3 is 2.52 bits per heavy atom. The average molecular weight is 392 g/mol. The quantitative estimate of drug-likeness (QED) is 0.260. The summed E-state index contributed by atoms with van der Waals surface area (Å²) in [6.45, 7) is 5.54. The molecule has 0 aliphatic carbocycles. The van der Waals surface area contributed by atoms with Gasteiger partial charge in [-0.2, -0.15) is 0 Å². The number of allylic oxidation sites excluding steroid dienone is 1. The zero-order chi connectivity index (χ0) is 21.1. The molecule has 0 radical (unpaired) electrons. The number of nitro groups is 1. The van der Waals surface area contributed by atoms with Crippen LogP contribution in [0.3, 0.4) is 0 Å². The Labute approximate surface area is 165 Å². The molecule has 0 spiro atoms. The van der Waals surface area contributed by atoms with E-state index in [-0.39, 0.29) is 22.6 Å². The molecule has 2 aliphatic rings. The Morgan fingerprint density at radius 1 is 1.14 bits per heavy atom. The molecule has 0 atom stereocenters. The van der Waals surface area contributed by atoms with E-state index in [0.29, 0.717) is 11.3 Å². The van der Waals surface area contributed by atoms with Crippen LogP contribution in [0.4, 0.5) is 11.4 Å². The van der Waals surface area contributed by atoms with E-state index in [9.17, 15) is 24.5 Å². The number of rotatable bonds is 3. The van der Waals surface area contributed by atoms with Crippen LogP contribution in [0.5, 0.6) is 5.75 Å². The number of hydrogen-bond acceptors (Lipinski definition) is 6. The molecule has 2 aromatic carbocycles. The van der Waals surface area contributed by atoms with E-state index < -0.39 is 28.1 Å². The van der Waals surface area contributed by atoms with Crippen LogP contribution in [0.1, 0.15) is 47.1 Å². The number of nitro benzene ring substituents is 1. The molecular weight excluding hydrogens is 376 g/mol. The van der Waals surface area contributed by atoms with Gasteiger partial charge in [-0.3, -0.25) is 24.6 Å². The van der Waals surface area contributed by atoms with Crippen molar-refractivity contribution in [1.29, 1.82) is 0 Å². The highest BCUT2D eigenvalue weighted by Gasteiger charge is 2.47. The van der Waals surface area contributed by atoms with Gasteiger partial charge in [0.05, 0.1) is 27.3 Å². The van der Waals surface area contributed by atoms with Crippen molar-refractivity contribution < 1.29 is 24.0 Å². The van der Waals surface area contributed by atoms with E-state index >= 15 is 0 Å². The zero-order valence-corrected chi connectivity index (χ0v) is 15.9. The summed E-state index contributed by atoms with van der Waals surface area (Å²) in [5, 5.41) is 10.9. The number of carbonyl (C=O) groups is 3. The number of Topliss-reactive ketones (excluding diaryl/α,β-unsaturated/α-hetero) is 1. The van der Waals surface area contributed by atoms with Gasteiger partial charge in [0.25, 0.3) is 17.4 Å². The van der Waals surface area contributed by atoms with Crippen molar-refractivity contribution >= 4 is 34.6 Å². The van der Waals surface area contributed by atoms with Gasteiger partial charge in [-0.15, -0.1) is 0 Å². The summed E-state index contributed by atoms with van der Waals surface area (Å²) in [5.74, 6) is -2.00. The van der Waals surface area contributed by atoms with Gasteiger partial charge in [-0.1, -0.05) is 12.1 Å². The van der Waals surface area contributed by atoms with Gasteiger partial charge >= 0.3 is 5.97 Å². The normalized spacial score (nSPS) is 16.4. The van der Waals surface area contributed by atoms with Gasteiger partial charge in [0.15, 0.2) is 0 Å². The topological polar surface area (TPSA) is 107 Å². The number of hydrogen-bond donors (Lipinski definition) is 0. The molecule has 0 N–H and O–H groups in total. The fraction of sp³-hybridized carbons (Fsp3) is 0.190.